The molecule has 0 bridgehead atoms. The van der Waals surface area contributed by atoms with Gasteiger partial charge >= 0.3 is 0 Å². The number of morpholine rings is 1. The van der Waals surface area contributed by atoms with Crippen LogP contribution in [0, 0.1) is 0 Å². The highest BCUT2D eigenvalue weighted by molar-refractivity contribution is 7.92. The van der Waals surface area contributed by atoms with Crippen LogP contribution >= 0.6 is 0 Å². The molecule has 1 aliphatic heterocycles. The van der Waals surface area contributed by atoms with E-state index in [0.29, 0.717) is 18.0 Å². The smallest absolute Gasteiger partial charge is 0.243 e. The lowest BCUT2D eigenvalue weighted by atomic mass is 10.1. The predicted octanol–water partition coefficient (Wildman–Crippen LogP) is 2.00. The zero-order chi connectivity index (χ0) is 22.4. The molecule has 1 N–H and O–H groups in total. The van der Waals surface area contributed by atoms with E-state index in [1.54, 1.807) is 31.2 Å². The highest BCUT2D eigenvalue weighted by atomic mass is 32.2. The summed E-state index contributed by atoms with van der Waals surface area (Å²) in [4.78, 5) is 15.0. The fourth-order valence-corrected chi connectivity index (χ4v) is 4.70. The van der Waals surface area contributed by atoms with Crippen molar-refractivity contribution in [3.05, 3.63) is 54.1 Å². The highest BCUT2D eigenvalue weighted by Crippen LogP contribution is 2.24. The second-order valence-corrected chi connectivity index (χ2v) is 9.28. The maximum Gasteiger partial charge on any atom is 0.243 e. The Morgan fingerprint density at radius 2 is 1.74 bits per heavy atom. The summed E-state index contributed by atoms with van der Waals surface area (Å²) < 4.78 is 36.4. The lowest BCUT2D eigenvalue weighted by Crippen LogP contribution is -2.47. The second-order valence-electron chi connectivity index (χ2n) is 7.42. The summed E-state index contributed by atoms with van der Waals surface area (Å²) in [7, 11) is -2.13. The van der Waals surface area contributed by atoms with Crippen LogP contribution in [-0.4, -0.2) is 60.0 Å². The van der Waals surface area contributed by atoms with Gasteiger partial charge in [0.15, 0.2) is 0 Å². The average Bonchev–Trinajstić information content (AvgIpc) is 2.78. The van der Waals surface area contributed by atoms with Crippen LogP contribution in [0.25, 0.3) is 0 Å². The lowest BCUT2D eigenvalue weighted by molar-refractivity contribution is -0.122. The summed E-state index contributed by atoms with van der Waals surface area (Å²) >= 11 is 0. The number of nitrogens with one attached hydrogen (secondary N) is 1. The molecule has 31 heavy (non-hydrogen) atoms. The summed E-state index contributed by atoms with van der Waals surface area (Å²) in [5, 5.41) is 2.84. The molecule has 3 rings (SSSR count). The van der Waals surface area contributed by atoms with Crippen LogP contribution in [0.3, 0.4) is 0 Å². The molecule has 0 unspecified atom stereocenters. The highest BCUT2D eigenvalue weighted by Gasteiger charge is 2.29. The molecule has 8 nitrogen and oxygen atoms in total. The van der Waals surface area contributed by atoms with Crippen LogP contribution in [0.15, 0.2) is 48.5 Å². The second kappa shape index (κ2) is 10.0. The maximum atomic E-state index is 12.8. The minimum absolute atomic E-state index is 0.312. The van der Waals surface area contributed by atoms with Crippen LogP contribution in [0.2, 0.25) is 0 Å². The van der Waals surface area contributed by atoms with Crippen molar-refractivity contribution < 1.29 is 22.7 Å². The van der Waals surface area contributed by atoms with Crippen molar-refractivity contribution in [1.82, 2.24) is 5.32 Å². The van der Waals surface area contributed by atoms with Gasteiger partial charge in [0.25, 0.3) is 0 Å². The Balaban J connectivity index is 1.64. The average molecular weight is 448 g/mol. The molecule has 2 aromatic carbocycles. The third-order valence-corrected chi connectivity index (χ3v) is 6.44. The Labute approximate surface area is 183 Å². The first-order chi connectivity index (χ1) is 14.8. The van der Waals surface area contributed by atoms with Gasteiger partial charge < -0.3 is 19.7 Å². The van der Waals surface area contributed by atoms with E-state index in [0.717, 1.165) is 48.1 Å². The Morgan fingerprint density at radius 3 is 2.29 bits per heavy atom. The third kappa shape index (κ3) is 5.89. The van der Waals surface area contributed by atoms with Gasteiger partial charge in [0.1, 0.15) is 11.8 Å². The largest absolute Gasteiger partial charge is 0.497 e. The Hall–Kier alpha value is -2.78. The van der Waals surface area contributed by atoms with E-state index in [1.165, 1.54) is 7.11 Å². The van der Waals surface area contributed by atoms with Crippen molar-refractivity contribution >= 4 is 27.3 Å². The molecule has 1 heterocycles. The van der Waals surface area contributed by atoms with Gasteiger partial charge in [-0.2, -0.15) is 0 Å². The van der Waals surface area contributed by atoms with Crippen molar-refractivity contribution in [3.63, 3.8) is 0 Å². The number of carbonyl (C=O) groups excluding carboxylic acids is 1. The van der Waals surface area contributed by atoms with E-state index in [-0.39, 0.29) is 5.91 Å². The molecule has 1 atom stereocenters. The SMILES string of the molecule is COc1ccc(N([C@@H](C)C(=O)NCc2ccc(N3CCOCC3)cc2)S(C)(=O)=O)cc1. The van der Waals surface area contributed by atoms with Crippen LogP contribution in [-0.2, 0) is 26.1 Å². The third-order valence-electron chi connectivity index (χ3n) is 5.19. The Kier molecular flexibility index (Phi) is 7.40. The van der Waals surface area contributed by atoms with E-state index in [2.05, 4.69) is 10.2 Å². The molecular formula is C22H29N3O5S. The predicted molar refractivity (Wildman–Crippen MR) is 121 cm³/mol. The molecule has 1 aliphatic rings. The lowest BCUT2D eigenvalue weighted by Gasteiger charge is -2.29. The molecule has 0 aliphatic carbocycles. The standard InChI is InChI=1S/C22H29N3O5S/c1-17(25(31(3,27)28)20-8-10-21(29-2)11-9-20)22(26)23-16-18-4-6-19(7-5-18)24-12-14-30-15-13-24/h4-11,17H,12-16H2,1-3H3,(H,23,26)/t17-/m0/s1. The quantitative estimate of drug-likeness (QED) is 0.666. The minimum Gasteiger partial charge on any atom is -0.497 e. The van der Waals surface area contributed by atoms with Crippen molar-refractivity contribution in [2.75, 3.05) is 48.9 Å². The van der Waals surface area contributed by atoms with Gasteiger partial charge in [-0.25, -0.2) is 8.42 Å². The van der Waals surface area contributed by atoms with Crippen molar-refractivity contribution in [2.24, 2.45) is 0 Å². The fraction of sp³-hybridized carbons (Fsp3) is 0.409. The molecule has 1 amide bonds. The van der Waals surface area contributed by atoms with Gasteiger partial charge in [0.2, 0.25) is 15.9 Å². The normalized spacial score (nSPS) is 15.3. The summed E-state index contributed by atoms with van der Waals surface area (Å²) in [6.45, 7) is 5.05. The number of hydrogen-bond acceptors (Lipinski definition) is 6. The topological polar surface area (TPSA) is 88.2 Å². The van der Waals surface area contributed by atoms with Crippen LogP contribution < -0.4 is 19.3 Å². The molecule has 1 saturated heterocycles. The number of sulfonamides is 1. The van der Waals surface area contributed by atoms with Gasteiger partial charge in [0, 0.05) is 25.3 Å². The van der Waals surface area contributed by atoms with Gasteiger partial charge in [-0.15, -0.1) is 0 Å². The number of methoxy groups -OCH3 is 1. The summed E-state index contributed by atoms with van der Waals surface area (Å²) in [5.41, 5.74) is 2.46. The summed E-state index contributed by atoms with van der Waals surface area (Å²) in [6.07, 6.45) is 1.09. The van der Waals surface area contributed by atoms with Gasteiger partial charge in [-0.05, 0) is 48.9 Å². The monoisotopic (exact) mass is 447 g/mol. The van der Waals surface area contributed by atoms with E-state index in [9.17, 15) is 13.2 Å². The van der Waals surface area contributed by atoms with Crippen molar-refractivity contribution in [1.29, 1.82) is 0 Å². The number of anilines is 2. The van der Waals surface area contributed by atoms with E-state index < -0.39 is 16.1 Å². The van der Waals surface area contributed by atoms with Crippen LogP contribution in [0.5, 0.6) is 5.75 Å². The van der Waals surface area contributed by atoms with E-state index >= 15 is 0 Å². The molecule has 168 valence electrons. The molecule has 2 aromatic rings. The van der Waals surface area contributed by atoms with Crippen molar-refractivity contribution in [3.8, 4) is 5.75 Å². The van der Waals surface area contributed by atoms with E-state index in [4.69, 9.17) is 9.47 Å². The zero-order valence-corrected chi connectivity index (χ0v) is 18.9. The molecule has 0 radical (unpaired) electrons. The summed E-state index contributed by atoms with van der Waals surface area (Å²) in [5.74, 6) is 0.230. The zero-order valence-electron chi connectivity index (χ0n) is 18.1. The molecular weight excluding hydrogens is 418 g/mol. The number of benzene rings is 2. The molecule has 0 aromatic heterocycles. The maximum absolute atomic E-state index is 12.8. The number of nitrogens with zero attached hydrogens (tertiary/aromatic N) is 2. The number of amides is 1. The molecule has 9 heteroatoms. The van der Waals surface area contributed by atoms with Gasteiger partial charge in [-0.1, -0.05) is 12.1 Å². The molecule has 0 spiro atoms. The van der Waals surface area contributed by atoms with Gasteiger partial charge in [-0.3, -0.25) is 9.10 Å². The first-order valence-corrected chi connectivity index (χ1v) is 12.0. The minimum atomic E-state index is -3.67. The molecule has 0 saturated carbocycles. The number of hydrogen-bond donors (Lipinski definition) is 1. The number of rotatable bonds is 8. The Morgan fingerprint density at radius 1 is 1.13 bits per heavy atom. The first-order valence-electron chi connectivity index (χ1n) is 10.1. The Bertz CT molecular complexity index is 971. The first kappa shape index (κ1) is 22.9. The van der Waals surface area contributed by atoms with E-state index in [1.807, 2.05) is 24.3 Å². The summed E-state index contributed by atoms with van der Waals surface area (Å²) in [6, 6.07) is 13.6. The van der Waals surface area contributed by atoms with Gasteiger partial charge in [0.05, 0.1) is 32.3 Å². The van der Waals surface area contributed by atoms with Crippen LogP contribution in [0.1, 0.15) is 12.5 Å². The van der Waals surface area contributed by atoms with Crippen LogP contribution in [0.4, 0.5) is 11.4 Å². The molecule has 1 fully saturated rings. The number of carbonyl (C=O) groups is 1. The van der Waals surface area contributed by atoms with Crippen molar-refractivity contribution in [2.45, 2.75) is 19.5 Å². The number of ether oxygens (including phenoxy) is 2. The fourth-order valence-electron chi connectivity index (χ4n) is 3.52.